The summed E-state index contributed by atoms with van der Waals surface area (Å²) in [6.07, 6.45) is 1.06. The number of aliphatic hydroxyl groups is 1. The molecule has 2 atom stereocenters. The molecule has 0 spiro atoms. The lowest BCUT2D eigenvalue weighted by Crippen LogP contribution is -2.14. The average molecular weight is 191 g/mol. The Hall–Kier alpha value is -0.860. The lowest BCUT2D eigenvalue weighted by Gasteiger charge is -2.10. The molecule has 1 heterocycles. The van der Waals surface area contributed by atoms with Gasteiger partial charge in [0.05, 0.1) is 0 Å². The number of hydrogen-bond donors (Lipinski definition) is 2. The van der Waals surface area contributed by atoms with Crippen molar-refractivity contribution < 1.29 is 5.11 Å². The third-order valence-corrected chi connectivity index (χ3v) is 2.96. The maximum Gasteiger partial charge on any atom is 0.0472 e. The predicted octanol–water partition coefficient (Wildman–Crippen LogP) is 1.64. The highest BCUT2D eigenvalue weighted by molar-refractivity contribution is 5.24. The van der Waals surface area contributed by atoms with E-state index in [1.165, 1.54) is 11.1 Å². The van der Waals surface area contributed by atoms with Crippen LogP contribution in [0.2, 0.25) is 0 Å². The van der Waals surface area contributed by atoms with Crippen molar-refractivity contribution >= 4 is 0 Å². The van der Waals surface area contributed by atoms with E-state index >= 15 is 0 Å². The topological polar surface area (TPSA) is 32.3 Å². The molecule has 0 radical (unpaired) electrons. The molecule has 0 aromatic heterocycles. The van der Waals surface area contributed by atoms with Crippen molar-refractivity contribution in [2.24, 2.45) is 5.92 Å². The molecule has 0 bridgehead atoms. The summed E-state index contributed by atoms with van der Waals surface area (Å²) in [6, 6.07) is 9.07. The summed E-state index contributed by atoms with van der Waals surface area (Å²) in [5.41, 5.74) is 2.64. The van der Waals surface area contributed by atoms with Crippen molar-refractivity contribution in [1.82, 2.24) is 5.32 Å². The fourth-order valence-corrected chi connectivity index (χ4v) is 2.00. The van der Waals surface area contributed by atoms with Crippen LogP contribution in [0.1, 0.15) is 23.6 Å². The molecule has 76 valence electrons. The van der Waals surface area contributed by atoms with Crippen molar-refractivity contribution in [3.05, 3.63) is 35.4 Å². The van der Waals surface area contributed by atoms with Crippen LogP contribution >= 0.6 is 0 Å². The number of hydrogen-bond acceptors (Lipinski definition) is 2. The zero-order valence-electron chi connectivity index (χ0n) is 8.53. The summed E-state index contributed by atoms with van der Waals surface area (Å²) in [4.78, 5) is 0. The van der Waals surface area contributed by atoms with Crippen LogP contribution in [0.3, 0.4) is 0 Å². The highest BCUT2D eigenvalue weighted by Gasteiger charge is 2.24. The molecule has 1 aliphatic rings. The van der Waals surface area contributed by atoms with Crippen LogP contribution in [0.4, 0.5) is 0 Å². The molecule has 14 heavy (non-hydrogen) atoms. The third-order valence-electron chi connectivity index (χ3n) is 2.96. The fraction of sp³-hybridized carbons (Fsp3) is 0.500. The molecule has 1 aliphatic heterocycles. The van der Waals surface area contributed by atoms with Crippen LogP contribution in [0.15, 0.2) is 24.3 Å². The van der Waals surface area contributed by atoms with Crippen molar-refractivity contribution in [3.63, 3.8) is 0 Å². The van der Waals surface area contributed by atoms with Gasteiger partial charge in [-0.05, 0) is 24.8 Å². The Labute approximate surface area is 85.0 Å². The molecule has 0 saturated carbocycles. The SMILES string of the molecule is Cc1ccc(C2CC(CO)CN2)cc1. The van der Waals surface area contributed by atoms with Crippen LogP contribution in [-0.2, 0) is 0 Å². The molecule has 2 N–H and O–H groups in total. The van der Waals surface area contributed by atoms with Crippen LogP contribution in [0, 0.1) is 12.8 Å². The van der Waals surface area contributed by atoms with E-state index in [-0.39, 0.29) is 0 Å². The van der Waals surface area contributed by atoms with E-state index in [1.54, 1.807) is 0 Å². The Balaban J connectivity index is 2.06. The highest BCUT2D eigenvalue weighted by atomic mass is 16.3. The summed E-state index contributed by atoms with van der Waals surface area (Å²) in [5, 5.41) is 12.5. The molecule has 2 nitrogen and oxygen atoms in total. The largest absolute Gasteiger partial charge is 0.396 e. The number of aryl methyl sites for hydroxylation is 1. The zero-order chi connectivity index (χ0) is 9.97. The standard InChI is InChI=1S/C12H17NO/c1-9-2-4-11(5-3-9)12-6-10(8-14)7-13-12/h2-5,10,12-14H,6-8H2,1H3. The van der Waals surface area contributed by atoms with Gasteiger partial charge >= 0.3 is 0 Å². The first-order valence-electron chi connectivity index (χ1n) is 5.20. The zero-order valence-corrected chi connectivity index (χ0v) is 8.53. The Kier molecular flexibility index (Phi) is 2.85. The van der Waals surface area contributed by atoms with Crippen LogP contribution in [-0.4, -0.2) is 18.3 Å². The van der Waals surface area contributed by atoms with Crippen LogP contribution < -0.4 is 5.32 Å². The predicted molar refractivity (Wildman–Crippen MR) is 57.1 cm³/mol. The van der Waals surface area contributed by atoms with E-state index in [0.29, 0.717) is 18.6 Å². The summed E-state index contributed by atoms with van der Waals surface area (Å²) in [5.74, 6) is 0.432. The minimum atomic E-state index is 0.301. The first-order chi connectivity index (χ1) is 6.79. The molecule has 1 fully saturated rings. The van der Waals surface area contributed by atoms with Gasteiger partial charge in [0.1, 0.15) is 0 Å². The Morgan fingerprint density at radius 3 is 2.64 bits per heavy atom. The van der Waals surface area contributed by atoms with Gasteiger partial charge in [-0.3, -0.25) is 0 Å². The molecule has 2 heteroatoms. The van der Waals surface area contributed by atoms with Gasteiger partial charge in [0.15, 0.2) is 0 Å². The summed E-state index contributed by atoms with van der Waals surface area (Å²) in [7, 11) is 0. The molecule has 2 unspecified atom stereocenters. The molecule has 1 aromatic rings. The molecular weight excluding hydrogens is 174 g/mol. The summed E-state index contributed by atoms with van der Waals surface area (Å²) < 4.78 is 0. The highest BCUT2D eigenvalue weighted by Crippen LogP contribution is 2.26. The number of benzene rings is 1. The molecular formula is C12H17NO. The first kappa shape index (κ1) is 9.69. The Morgan fingerprint density at radius 2 is 2.07 bits per heavy atom. The van der Waals surface area contributed by atoms with Crippen molar-refractivity contribution in [3.8, 4) is 0 Å². The molecule has 1 aromatic carbocycles. The maximum atomic E-state index is 9.03. The quantitative estimate of drug-likeness (QED) is 0.744. The van der Waals surface area contributed by atoms with Gasteiger partial charge in [0.2, 0.25) is 0 Å². The van der Waals surface area contributed by atoms with E-state index in [9.17, 15) is 0 Å². The van der Waals surface area contributed by atoms with E-state index in [1.807, 2.05) is 0 Å². The van der Waals surface area contributed by atoms with Crippen molar-refractivity contribution in [1.29, 1.82) is 0 Å². The van der Waals surface area contributed by atoms with Crippen molar-refractivity contribution in [2.45, 2.75) is 19.4 Å². The molecule has 0 aliphatic carbocycles. The van der Waals surface area contributed by atoms with Gasteiger partial charge in [-0.25, -0.2) is 0 Å². The van der Waals surface area contributed by atoms with E-state index < -0.39 is 0 Å². The van der Waals surface area contributed by atoms with Gasteiger partial charge < -0.3 is 10.4 Å². The maximum absolute atomic E-state index is 9.03. The number of nitrogens with one attached hydrogen (secondary N) is 1. The van der Waals surface area contributed by atoms with Crippen LogP contribution in [0.25, 0.3) is 0 Å². The third kappa shape index (κ3) is 1.97. The summed E-state index contributed by atoms with van der Waals surface area (Å²) >= 11 is 0. The second kappa shape index (κ2) is 4.11. The van der Waals surface area contributed by atoms with Crippen molar-refractivity contribution in [2.75, 3.05) is 13.2 Å². The fourth-order valence-electron chi connectivity index (χ4n) is 2.00. The monoisotopic (exact) mass is 191 g/mol. The van der Waals surface area contributed by atoms with Gasteiger partial charge in [-0.1, -0.05) is 29.8 Å². The lowest BCUT2D eigenvalue weighted by atomic mass is 10.00. The Morgan fingerprint density at radius 1 is 1.36 bits per heavy atom. The molecule has 0 amide bonds. The number of rotatable bonds is 2. The van der Waals surface area contributed by atoms with Gasteiger partial charge in [-0.15, -0.1) is 0 Å². The lowest BCUT2D eigenvalue weighted by molar-refractivity contribution is 0.236. The smallest absolute Gasteiger partial charge is 0.0472 e. The summed E-state index contributed by atoms with van der Waals surface area (Å²) in [6.45, 7) is 3.34. The second-order valence-electron chi connectivity index (χ2n) is 4.16. The van der Waals surface area contributed by atoms with E-state index in [4.69, 9.17) is 5.11 Å². The van der Waals surface area contributed by atoms with E-state index in [2.05, 4.69) is 36.5 Å². The number of aliphatic hydroxyl groups excluding tert-OH is 1. The molecule has 1 saturated heterocycles. The Bertz CT molecular complexity index is 294. The molecule has 2 rings (SSSR count). The van der Waals surface area contributed by atoms with Crippen LogP contribution in [0.5, 0.6) is 0 Å². The average Bonchev–Trinajstić information content (AvgIpc) is 2.67. The minimum Gasteiger partial charge on any atom is -0.396 e. The van der Waals surface area contributed by atoms with Gasteiger partial charge in [0.25, 0.3) is 0 Å². The second-order valence-corrected chi connectivity index (χ2v) is 4.16. The van der Waals surface area contributed by atoms with Gasteiger partial charge in [-0.2, -0.15) is 0 Å². The normalized spacial score (nSPS) is 26.7. The van der Waals surface area contributed by atoms with Gasteiger partial charge in [0, 0.05) is 19.2 Å². The van der Waals surface area contributed by atoms with E-state index in [0.717, 1.165) is 13.0 Å². The minimum absolute atomic E-state index is 0.301. The first-order valence-corrected chi connectivity index (χ1v) is 5.20.